The Hall–Kier alpha value is -1.55. The number of likely N-dealkylation sites (N-methyl/N-ethyl adjacent to an activating group) is 1. The summed E-state index contributed by atoms with van der Waals surface area (Å²) in [7, 11) is 1.90. The van der Waals surface area contributed by atoms with Crippen molar-refractivity contribution in [1.29, 1.82) is 0 Å². The van der Waals surface area contributed by atoms with Gasteiger partial charge in [-0.2, -0.15) is 0 Å². The van der Waals surface area contributed by atoms with Crippen molar-refractivity contribution in [3.63, 3.8) is 0 Å². The molecule has 2 rings (SSSR count). The fraction of sp³-hybridized carbons (Fsp3) is 0.500. The number of likely N-dealkylation sites (tertiary alicyclic amines) is 1. The molecule has 0 radical (unpaired) electrons. The molecule has 4 nitrogen and oxygen atoms in total. The van der Waals surface area contributed by atoms with Crippen LogP contribution < -0.4 is 5.32 Å². The number of phenolic OH excluding ortho intramolecular Hbond substituents is 1. The lowest BCUT2D eigenvalue weighted by Crippen LogP contribution is -2.41. The summed E-state index contributed by atoms with van der Waals surface area (Å²) in [6.45, 7) is 3.41. The lowest BCUT2D eigenvalue weighted by atomic mass is 10.1. The Bertz CT molecular complexity index is 445. The molecule has 1 atom stereocenters. The molecular weight excluding hydrogens is 228 g/mol. The molecule has 98 valence electrons. The van der Waals surface area contributed by atoms with Crippen molar-refractivity contribution < 1.29 is 9.90 Å². The molecule has 0 bridgehead atoms. The van der Waals surface area contributed by atoms with Gasteiger partial charge in [0.15, 0.2) is 0 Å². The molecule has 0 aliphatic carbocycles. The maximum atomic E-state index is 12.5. The summed E-state index contributed by atoms with van der Waals surface area (Å²) >= 11 is 0. The van der Waals surface area contributed by atoms with E-state index in [0.717, 1.165) is 25.9 Å². The average molecular weight is 248 g/mol. The Morgan fingerprint density at radius 1 is 1.56 bits per heavy atom. The smallest absolute Gasteiger partial charge is 0.254 e. The zero-order valence-electron chi connectivity index (χ0n) is 10.9. The molecule has 0 aromatic heterocycles. The molecule has 1 aromatic carbocycles. The number of benzene rings is 1. The van der Waals surface area contributed by atoms with Crippen molar-refractivity contribution in [3.05, 3.63) is 29.3 Å². The number of hydrogen-bond donors (Lipinski definition) is 2. The predicted molar refractivity (Wildman–Crippen MR) is 70.8 cm³/mol. The number of phenols is 1. The van der Waals surface area contributed by atoms with Crippen LogP contribution in [0, 0.1) is 6.92 Å². The van der Waals surface area contributed by atoms with Gasteiger partial charge in [0.2, 0.25) is 0 Å². The molecule has 1 fully saturated rings. The van der Waals surface area contributed by atoms with Crippen LogP contribution >= 0.6 is 0 Å². The first-order chi connectivity index (χ1) is 8.65. The van der Waals surface area contributed by atoms with E-state index in [1.54, 1.807) is 25.1 Å². The summed E-state index contributed by atoms with van der Waals surface area (Å²) in [6, 6.07) is 5.38. The third kappa shape index (κ3) is 2.34. The van der Waals surface area contributed by atoms with E-state index in [1.165, 1.54) is 0 Å². The average Bonchev–Trinajstić information content (AvgIpc) is 2.80. The first-order valence-corrected chi connectivity index (χ1v) is 6.39. The third-order valence-electron chi connectivity index (χ3n) is 3.61. The number of hydrogen-bond acceptors (Lipinski definition) is 3. The Kier molecular flexibility index (Phi) is 3.87. The van der Waals surface area contributed by atoms with Gasteiger partial charge < -0.3 is 15.3 Å². The van der Waals surface area contributed by atoms with E-state index >= 15 is 0 Å². The van der Waals surface area contributed by atoms with Gasteiger partial charge in [0.1, 0.15) is 5.75 Å². The number of rotatable bonds is 3. The molecule has 2 N–H and O–H groups in total. The third-order valence-corrected chi connectivity index (χ3v) is 3.61. The Labute approximate surface area is 108 Å². The molecule has 18 heavy (non-hydrogen) atoms. The topological polar surface area (TPSA) is 52.6 Å². The van der Waals surface area contributed by atoms with Crippen LogP contribution in [0.25, 0.3) is 0 Å². The molecular formula is C14H20N2O2. The number of nitrogens with one attached hydrogen (secondary N) is 1. The minimum absolute atomic E-state index is 0.0288. The summed E-state index contributed by atoms with van der Waals surface area (Å²) in [5.74, 6) is 0.214. The van der Waals surface area contributed by atoms with Crippen LogP contribution in [0.2, 0.25) is 0 Å². The largest absolute Gasteiger partial charge is 0.508 e. The summed E-state index contributed by atoms with van der Waals surface area (Å²) in [5, 5.41) is 12.8. The van der Waals surface area contributed by atoms with Crippen LogP contribution in [0.15, 0.2) is 18.2 Å². The van der Waals surface area contributed by atoms with E-state index in [2.05, 4.69) is 5.32 Å². The molecule has 1 heterocycles. The molecule has 1 unspecified atom stereocenters. The van der Waals surface area contributed by atoms with Gasteiger partial charge in [0.05, 0.1) is 0 Å². The molecule has 1 aromatic rings. The second-order valence-electron chi connectivity index (χ2n) is 4.80. The minimum atomic E-state index is 0.0288. The van der Waals surface area contributed by atoms with Crippen LogP contribution in [0.4, 0.5) is 0 Å². The molecule has 1 aliphatic rings. The molecule has 1 aliphatic heterocycles. The molecule has 0 saturated carbocycles. The summed E-state index contributed by atoms with van der Waals surface area (Å²) in [4.78, 5) is 14.4. The van der Waals surface area contributed by atoms with Crippen LogP contribution in [0.3, 0.4) is 0 Å². The van der Waals surface area contributed by atoms with Gasteiger partial charge in [-0.1, -0.05) is 6.07 Å². The van der Waals surface area contributed by atoms with E-state index in [1.807, 2.05) is 11.9 Å². The van der Waals surface area contributed by atoms with E-state index in [-0.39, 0.29) is 17.7 Å². The van der Waals surface area contributed by atoms with Crippen molar-refractivity contribution in [2.24, 2.45) is 0 Å². The quantitative estimate of drug-likeness (QED) is 0.853. The summed E-state index contributed by atoms with van der Waals surface area (Å²) in [5.41, 5.74) is 1.27. The number of aromatic hydroxyl groups is 1. The Morgan fingerprint density at radius 3 is 3.06 bits per heavy atom. The number of amides is 1. The Balaban J connectivity index is 2.23. The van der Waals surface area contributed by atoms with E-state index in [9.17, 15) is 9.90 Å². The SMILES string of the molecule is CNCC1CCCN1C(=O)c1cccc(O)c1C. The molecule has 0 spiro atoms. The molecule has 1 amide bonds. The zero-order valence-corrected chi connectivity index (χ0v) is 10.9. The Morgan fingerprint density at radius 2 is 2.33 bits per heavy atom. The summed E-state index contributed by atoms with van der Waals surface area (Å²) in [6.07, 6.45) is 2.10. The van der Waals surface area contributed by atoms with Crippen LogP contribution in [-0.4, -0.2) is 42.1 Å². The normalized spacial score (nSPS) is 19.2. The number of carbonyl (C=O) groups excluding carboxylic acids is 1. The first-order valence-electron chi connectivity index (χ1n) is 6.39. The number of nitrogens with zero attached hydrogens (tertiary/aromatic N) is 1. The highest BCUT2D eigenvalue weighted by molar-refractivity contribution is 5.96. The van der Waals surface area contributed by atoms with Gasteiger partial charge in [0.25, 0.3) is 5.91 Å². The van der Waals surface area contributed by atoms with Crippen molar-refractivity contribution in [2.45, 2.75) is 25.8 Å². The van der Waals surface area contributed by atoms with Crippen LogP contribution in [0.1, 0.15) is 28.8 Å². The predicted octanol–water partition coefficient (Wildman–Crippen LogP) is 1.52. The van der Waals surface area contributed by atoms with Crippen molar-refractivity contribution in [3.8, 4) is 5.75 Å². The highest BCUT2D eigenvalue weighted by atomic mass is 16.3. The lowest BCUT2D eigenvalue weighted by molar-refractivity contribution is 0.0736. The van der Waals surface area contributed by atoms with Crippen molar-refractivity contribution in [1.82, 2.24) is 10.2 Å². The fourth-order valence-electron chi connectivity index (χ4n) is 2.56. The molecule has 1 saturated heterocycles. The molecule has 4 heteroatoms. The van der Waals surface area contributed by atoms with E-state index in [4.69, 9.17) is 0 Å². The van der Waals surface area contributed by atoms with Gasteiger partial charge in [-0.05, 0) is 38.9 Å². The highest BCUT2D eigenvalue weighted by Gasteiger charge is 2.29. The van der Waals surface area contributed by atoms with Crippen LogP contribution in [0.5, 0.6) is 5.75 Å². The first kappa shape index (κ1) is 12.9. The standard InChI is InChI=1S/C14H20N2O2/c1-10-12(6-3-7-13(10)17)14(18)16-8-4-5-11(16)9-15-2/h3,6-7,11,15,17H,4-5,8-9H2,1-2H3. The lowest BCUT2D eigenvalue weighted by Gasteiger charge is -2.25. The monoisotopic (exact) mass is 248 g/mol. The van der Waals surface area contributed by atoms with E-state index in [0.29, 0.717) is 11.1 Å². The zero-order chi connectivity index (χ0) is 13.1. The van der Waals surface area contributed by atoms with Crippen molar-refractivity contribution >= 4 is 5.91 Å². The second kappa shape index (κ2) is 5.40. The second-order valence-corrected chi connectivity index (χ2v) is 4.80. The van der Waals surface area contributed by atoms with E-state index < -0.39 is 0 Å². The van der Waals surface area contributed by atoms with Gasteiger partial charge in [0, 0.05) is 30.3 Å². The van der Waals surface area contributed by atoms with Gasteiger partial charge >= 0.3 is 0 Å². The minimum Gasteiger partial charge on any atom is -0.508 e. The fourth-order valence-corrected chi connectivity index (χ4v) is 2.56. The number of carbonyl (C=O) groups is 1. The maximum absolute atomic E-state index is 12.5. The van der Waals surface area contributed by atoms with Crippen molar-refractivity contribution in [2.75, 3.05) is 20.1 Å². The van der Waals surface area contributed by atoms with Gasteiger partial charge in [-0.3, -0.25) is 4.79 Å². The van der Waals surface area contributed by atoms with Gasteiger partial charge in [-0.15, -0.1) is 0 Å². The highest BCUT2D eigenvalue weighted by Crippen LogP contribution is 2.24. The van der Waals surface area contributed by atoms with Crippen LogP contribution in [-0.2, 0) is 0 Å². The maximum Gasteiger partial charge on any atom is 0.254 e. The summed E-state index contributed by atoms with van der Waals surface area (Å²) < 4.78 is 0. The van der Waals surface area contributed by atoms with Gasteiger partial charge in [-0.25, -0.2) is 0 Å².